The second-order valence-electron chi connectivity index (χ2n) is 4.73. The van der Waals surface area contributed by atoms with Crippen molar-refractivity contribution in [3.05, 3.63) is 0 Å². The van der Waals surface area contributed by atoms with Gasteiger partial charge in [-0.3, -0.25) is 4.79 Å². The van der Waals surface area contributed by atoms with E-state index in [0.717, 1.165) is 31.7 Å². The van der Waals surface area contributed by atoms with Gasteiger partial charge in [-0.25, -0.2) is 0 Å². The van der Waals surface area contributed by atoms with E-state index in [9.17, 15) is 4.79 Å². The molecule has 3 heteroatoms. The summed E-state index contributed by atoms with van der Waals surface area (Å²) in [6.45, 7) is 6.69. The van der Waals surface area contributed by atoms with Crippen molar-refractivity contribution < 1.29 is 4.79 Å². The minimum atomic E-state index is -0.263. The van der Waals surface area contributed by atoms with Crippen LogP contribution < -0.4 is 0 Å². The van der Waals surface area contributed by atoms with Gasteiger partial charge in [-0.15, -0.1) is 11.6 Å². The predicted molar refractivity (Wildman–Crippen MR) is 61.7 cm³/mol. The lowest BCUT2D eigenvalue weighted by Gasteiger charge is -2.25. The van der Waals surface area contributed by atoms with Crippen molar-refractivity contribution in [2.45, 2.75) is 40.0 Å². The molecule has 0 saturated heterocycles. The van der Waals surface area contributed by atoms with Crippen LogP contribution in [0.2, 0.25) is 0 Å². The van der Waals surface area contributed by atoms with Crippen molar-refractivity contribution in [3.63, 3.8) is 0 Å². The highest BCUT2D eigenvalue weighted by Crippen LogP contribution is 2.16. The molecule has 0 bridgehead atoms. The third kappa shape index (κ3) is 5.48. The molecule has 0 saturated carbocycles. The minimum Gasteiger partial charge on any atom is -0.345 e. The highest BCUT2D eigenvalue weighted by molar-refractivity contribution is 6.17. The van der Waals surface area contributed by atoms with E-state index in [1.54, 1.807) is 0 Å². The Morgan fingerprint density at radius 1 is 1.21 bits per heavy atom. The van der Waals surface area contributed by atoms with Crippen LogP contribution in [-0.2, 0) is 4.79 Å². The topological polar surface area (TPSA) is 20.3 Å². The summed E-state index contributed by atoms with van der Waals surface area (Å²) in [4.78, 5) is 13.5. The van der Waals surface area contributed by atoms with Crippen molar-refractivity contribution in [1.29, 1.82) is 0 Å². The van der Waals surface area contributed by atoms with Crippen molar-refractivity contribution in [3.8, 4) is 0 Å². The summed E-state index contributed by atoms with van der Waals surface area (Å²) in [7, 11) is 1.87. The second-order valence-corrected chi connectivity index (χ2v) is 5.10. The van der Waals surface area contributed by atoms with Crippen LogP contribution in [0, 0.1) is 5.41 Å². The Balaban J connectivity index is 3.74. The molecule has 0 aromatic carbocycles. The maximum Gasteiger partial charge on any atom is 0.227 e. The molecule has 0 fully saturated rings. The molecular weight excluding hydrogens is 198 g/mol. The third-order valence-electron chi connectivity index (χ3n) is 2.12. The van der Waals surface area contributed by atoms with Crippen molar-refractivity contribution >= 4 is 17.5 Å². The van der Waals surface area contributed by atoms with Gasteiger partial charge in [0.2, 0.25) is 5.91 Å². The number of nitrogens with zero attached hydrogens (tertiary/aromatic N) is 1. The van der Waals surface area contributed by atoms with Gasteiger partial charge in [0.15, 0.2) is 0 Å². The van der Waals surface area contributed by atoms with Crippen LogP contribution in [0.1, 0.15) is 40.0 Å². The molecule has 14 heavy (non-hydrogen) atoms. The number of halogens is 1. The standard InChI is InChI=1S/C11H22ClNO/c1-11(2,3)10(14)13(4)9-7-5-6-8-12/h5-9H2,1-4H3. The molecule has 0 aromatic heterocycles. The van der Waals surface area contributed by atoms with Crippen LogP contribution in [0.25, 0.3) is 0 Å². The Kier molecular flexibility index (Phi) is 6.17. The lowest BCUT2D eigenvalue weighted by atomic mass is 9.95. The highest BCUT2D eigenvalue weighted by atomic mass is 35.5. The van der Waals surface area contributed by atoms with Gasteiger partial charge in [-0.05, 0) is 12.8 Å². The maximum absolute atomic E-state index is 11.7. The van der Waals surface area contributed by atoms with Gasteiger partial charge >= 0.3 is 0 Å². The molecule has 84 valence electrons. The van der Waals surface area contributed by atoms with Gasteiger partial charge in [0.05, 0.1) is 0 Å². The van der Waals surface area contributed by atoms with Crippen LogP contribution >= 0.6 is 11.6 Å². The number of hydrogen-bond donors (Lipinski definition) is 0. The van der Waals surface area contributed by atoms with Crippen LogP contribution in [0.4, 0.5) is 0 Å². The van der Waals surface area contributed by atoms with E-state index < -0.39 is 0 Å². The molecule has 0 unspecified atom stereocenters. The van der Waals surface area contributed by atoms with E-state index in [4.69, 9.17) is 11.6 Å². The van der Waals surface area contributed by atoms with E-state index in [1.165, 1.54) is 0 Å². The monoisotopic (exact) mass is 219 g/mol. The van der Waals surface area contributed by atoms with Crippen molar-refractivity contribution in [2.24, 2.45) is 5.41 Å². The van der Waals surface area contributed by atoms with Crippen molar-refractivity contribution in [2.75, 3.05) is 19.5 Å². The first-order chi connectivity index (χ1) is 6.39. The number of hydrogen-bond acceptors (Lipinski definition) is 1. The van der Waals surface area contributed by atoms with E-state index >= 15 is 0 Å². The number of amides is 1. The lowest BCUT2D eigenvalue weighted by Crippen LogP contribution is -2.37. The predicted octanol–water partition coefficient (Wildman–Crippen LogP) is 2.90. The van der Waals surface area contributed by atoms with Gasteiger partial charge < -0.3 is 4.90 Å². The molecule has 0 heterocycles. The summed E-state index contributed by atoms with van der Waals surface area (Å²) < 4.78 is 0. The van der Waals surface area contributed by atoms with Gasteiger partial charge in [-0.1, -0.05) is 27.2 Å². The average molecular weight is 220 g/mol. The van der Waals surface area contributed by atoms with Gasteiger partial charge in [0, 0.05) is 24.9 Å². The Hall–Kier alpha value is -0.240. The van der Waals surface area contributed by atoms with E-state index in [-0.39, 0.29) is 11.3 Å². The fourth-order valence-corrected chi connectivity index (χ4v) is 1.48. The number of carbonyl (C=O) groups excluding carboxylic acids is 1. The quantitative estimate of drug-likeness (QED) is 0.515. The molecule has 0 rings (SSSR count). The molecule has 0 radical (unpaired) electrons. The highest BCUT2D eigenvalue weighted by Gasteiger charge is 2.24. The summed E-state index contributed by atoms with van der Waals surface area (Å²) in [6, 6.07) is 0. The zero-order valence-electron chi connectivity index (χ0n) is 9.77. The molecule has 0 aliphatic carbocycles. The summed E-state index contributed by atoms with van der Waals surface area (Å²) in [5, 5.41) is 0. The number of alkyl halides is 1. The molecule has 0 atom stereocenters. The SMILES string of the molecule is CN(CCCCCCl)C(=O)C(C)(C)C. The van der Waals surface area contributed by atoms with Crippen LogP contribution in [0.3, 0.4) is 0 Å². The first-order valence-electron chi connectivity index (χ1n) is 5.21. The molecule has 0 spiro atoms. The van der Waals surface area contributed by atoms with E-state index in [0.29, 0.717) is 0 Å². The summed E-state index contributed by atoms with van der Waals surface area (Å²) in [5.41, 5.74) is -0.263. The molecule has 0 aliphatic heterocycles. The molecule has 1 amide bonds. The van der Waals surface area contributed by atoms with Crippen LogP contribution in [-0.4, -0.2) is 30.3 Å². The molecule has 2 nitrogen and oxygen atoms in total. The Morgan fingerprint density at radius 2 is 1.79 bits per heavy atom. The number of unbranched alkanes of at least 4 members (excludes halogenated alkanes) is 2. The summed E-state index contributed by atoms with van der Waals surface area (Å²) in [6.07, 6.45) is 3.19. The van der Waals surface area contributed by atoms with E-state index in [2.05, 4.69) is 0 Å². The smallest absolute Gasteiger partial charge is 0.227 e. The lowest BCUT2D eigenvalue weighted by molar-refractivity contribution is -0.138. The fraction of sp³-hybridized carbons (Fsp3) is 0.909. The normalized spacial score (nSPS) is 11.5. The van der Waals surface area contributed by atoms with Crippen LogP contribution in [0.15, 0.2) is 0 Å². The zero-order valence-corrected chi connectivity index (χ0v) is 10.5. The fourth-order valence-electron chi connectivity index (χ4n) is 1.29. The van der Waals surface area contributed by atoms with Crippen molar-refractivity contribution in [1.82, 2.24) is 4.90 Å². The van der Waals surface area contributed by atoms with Gasteiger partial charge in [0.1, 0.15) is 0 Å². The largest absolute Gasteiger partial charge is 0.345 e. The number of carbonyl (C=O) groups is 1. The molecule has 0 N–H and O–H groups in total. The summed E-state index contributed by atoms with van der Waals surface area (Å²) >= 11 is 5.57. The maximum atomic E-state index is 11.7. The third-order valence-corrected chi connectivity index (χ3v) is 2.38. The first-order valence-corrected chi connectivity index (χ1v) is 5.74. The number of rotatable bonds is 5. The zero-order chi connectivity index (χ0) is 11.2. The molecule has 0 aromatic rings. The molecule has 0 aliphatic rings. The average Bonchev–Trinajstić information content (AvgIpc) is 2.09. The van der Waals surface area contributed by atoms with Crippen LogP contribution in [0.5, 0.6) is 0 Å². The first kappa shape index (κ1) is 13.8. The Bertz CT molecular complexity index is 175. The molecular formula is C11H22ClNO. The van der Waals surface area contributed by atoms with Gasteiger partial charge in [0.25, 0.3) is 0 Å². The second kappa shape index (κ2) is 6.28. The Labute approximate surface area is 92.6 Å². The Morgan fingerprint density at radius 3 is 2.21 bits per heavy atom. The van der Waals surface area contributed by atoms with Gasteiger partial charge in [-0.2, -0.15) is 0 Å². The summed E-state index contributed by atoms with van der Waals surface area (Å²) in [5.74, 6) is 0.931. The van der Waals surface area contributed by atoms with E-state index in [1.807, 2.05) is 32.7 Å². The minimum absolute atomic E-state index is 0.211.